The van der Waals surface area contributed by atoms with Crippen LogP contribution in [0.2, 0.25) is 0 Å². The van der Waals surface area contributed by atoms with E-state index in [0.29, 0.717) is 12.1 Å². The number of carboxylic acids is 1. The van der Waals surface area contributed by atoms with Crippen LogP contribution < -0.4 is 5.32 Å². The van der Waals surface area contributed by atoms with Crippen molar-refractivity contribution in [3.8, 4) is 0 Å². The van der Waals surface area contributed by atoms with Gasteiger partial charge in [0.05, 0.1) is 5.56 Å². The molecule has 0 saturated carbocycles. The number of carbonyl (C=O) groups is 1. The number of hydrogen-bond acceptors (Lipinski definition) is 3. The van der Waals surface area contributed by atoms with Crippen LogP contribution in [0.25, 0.3) is 16.6 Å². The van der Waals surface area contributed by atoms with Gasteiger partial charge in [-0.2, -0.15) is 0 Å². The first kappa shape index (κ1) is 15.6. The zero-order valence-corrected chi connectivity index (χ0v) is 13.8. The Labute approximate surface area is 145 Å². The Balaban J connectivity index is 1.67. The molecule has 0 unspecified atom stereocenters. The molecule has 0 fully saturated rings. The van der Waals surface area contributed by atoms with E-state index in [1.54, 1.807) is 12.1 Å². The van der Waals surface area contributed by atoms with Gasteiger partial charge in [0.25, 0.3) is 0 Å². The summed E-state index contributed by atoms with van der Waals surface area (Å²) in [5, 5.41) is 13.5. The summed E-state index contributed by atoms with van der Waals surface area (Å²) < 4.78 is 2.11. The molecule has 2 N–H and O–H groups in total. The van der Waals surface area contributed by atoms with Gasteiger partial charge in [0, 0.05) is 30.9 Å². The highest BCUT2D eigenvalue weighted by Gasteiger charge is 2.12. The summed E-state index contributed by atoms with van der Waals surface area (Å²) in [5.74, 6) is -0.903. The molecular formula is C20H19N3O2. The summed E-state index contributed by atoms with van der Waals surface area (Å²) in [6, 6.07) is 11.2. The molecule has 25 heavy (non-hydrogen) atoms. The lowest BCUT2D eigenvalue weighted by Crippen LogP contribution is -2.20. The molecule has 5 heteroatoms. The molecule has 0 amide bonds. The summed E-state index contributed by atoms with van der Waals surface area (Å²) in [5.41, 5.74) is 4.94. The van der Waals surface area contributed by atoms with Crippen LogP contribution in [0.4, 0.5) is 0 Å². The molecule has 0 saturated heterocycles. The molecule has 0 bridgehead atoms. The zero-order chi connectivity index (χ0) is 17.2. The topological polar surface area (TPSA) is 67.2 Å². The molecule has 0 aliphatic carbocycles. The van der Waals surface area contributed by atoms with Crippen molar-refractivity contribution in [2.75, 3.05) is 13.1 Å². The normalized spacial score (nSPS) is 14.5. The Morgan fingerprint density at radius 2 is 2.04 bits per heavy atom. The van der Waals surface area contributed by atoms with E-state index in [2.05, 4.69) is 33.1 Å². The van der Waals surface area contributed by atoms with Crippen LogP contribution in [0.3, 0.4) is 0 Å². The maximum atomic E-state index is 11.0. The quantitative estimate of drug-likeness (QED) is 0.770. The molecule has 126 valence electrons. The van der Waals surface area contributed by atoms with Crippen LogP contribution in [-0.2, 0) is 6.54 Å². The predicted octanol–water partition coefficient (Wildman–Crippen LogP) is 3.16. The number of nitrogens with one attached hydrogen (secondary N) is 1. The zero-order valence-electron chi connectivity index (χ0n) is 13.8. The predicted molar refractivity (Wildman–Crippen MR) is 97.7 cm³/mol. The fraction of sp³-hybridized carbons (Fsp3) is 0.200. The molecule has 1 aliphatic heterocycles. The number of benzene rings is 1. The number of fused-ring (bicyclic) bond motifs is 1. The van der Waals surface area contributed by atoms with Gasteiger partial charge in [0.1, 0.15) is 5.65 Å². The van der Waals surface area contributed by atoms with E-state index in [0.717, 1.165) is 36.1 Å². The van der Waals surface area contributed by atoms with Gasteiger partial charge < -0.3 is 15.0 Å². The minimum absolute atomic E-state index is 0.305. The van der Waals surface area contributed by atoms with Crippen LogP contribution in [0.15, 0.2) is 54.9 Å². The minimum Gasteiger partial charge on any atom is -0.478 e. The van der Waals surface area contributed by atoms with Crippen molar-refractivity contribution in [3.05, 3.63) is 71.6 Å². The van der Waals surface area contributed by atoms with Gasteiger partial charge in [-0.15, -0.1) is 0 Å². The van der Waals surface area contributed by atoms with Crippen molar-refractivity contribution in [1.29, 1.82) is 0 Å². The highest BCUT2D eigenvalue weighted by atomic mass is 16.4. The molecule has 0 radical (unpaired) electrons. The highest BCUT2D eigenvalue weighted by molar-refractivity contribution is 5.90. The molecule has 3 aromatic rings. The van der Waals surface area contributed by atoms with E-state index in [9.17, 15) is 4.79 Å². The van der Waals surface area contributed by atoms with Crippen LogP contribution in [0, 0.1) is 0 Å². The van der Waals surface area contributed by atoms with E-state index >= 15 is 0 Å². The molecule has 4 rings (SSSR count). The molecule has 1 aliphatic rings. The summed E-state index contributed by atoms with van der Waals surface area (Å²) in [7, 11) is 0. The number of rotatable bonds is 4. The van der Waals surface area contributed by atoms with Crippen molar-refractivity contribution in [1.82, 2.24) is 14.9 Å². The lowest BCUT2D eigenvalue weighted by Gasteiger charge is -2.15. The van der Waals surface area contributed by atoms with Gasteiger partial charge in [-0.3, -0.25) is 0 Å². The molecule has 3 heterocycles. The maximum Gasteiger partial charge on any atom is 0.335 e. The summed E-state index contributed by atoms with van der Waals surface area (Å²) in [6.45, 7) is 2.59. The van der Waals surface area contributed by atoms with Crippen molar-refractivity contribution in [2.45, 2.75) is 13.0 Å². The van der Waals surface area contributed by atoms with Crippen molar-refractivity contribution in [2.24, 2.45) is 0 Å². The fourth-order valence-corrected chi connectivity index (χ4v) is 3.31. The highest BCUT2D eigenvalue weighted by Crippen LogP contribution is 2.27. The minimum atomic E-state index is -0.903. The molecule has 2 aromatic heterocycles. The number of nitrogens with zero attached hydrogens (tertiary/aromatic N) is 2. The Bertz CT molecular complexity index is 955. The van der Waals surface area contributed by atoms with E-state index in [4.69, 9.17) is 5.11 Å². The Hall–Kier alpha value is -2.92. The standard InChI is InChI=1S/C20H19N3O2/c24-20(25)16-3-1-14(2-4-16)13-23-12-8-18-17(7-11-22-19(18)23)15-5-9-21-10-6-15/h1-5,7-8,11-12,21H,6,9-10,13H2,(H,24,25). The monoisotopic (exact) mass is 333 g/mol. The van der Waals surface area contributed by atoms with Gasteiger partial charge in [-0.25, -0.2) is 9.78 Å². The van der Waals surface area contributed by atoms with Gasteiger partial charge in [0.15, 0.2) is 0 Å². The lowest BCUT2D eigenvalue weighted by molar-refractivity contribution is 0.0697. The average molecular weight is 333 g/mol. The average Bonchev–Trinajstić information content (AvgIpc) is 3.06. The van der Waals surface area contributed by atoms with Gasteiger partial charge in [-0.1, -0.05) is 18.2 Å². The second-order valence-corrected chi connectivity index (χ2v) is 6.22. The first-order valence-corrected chi connectivity index (χ1v) is 8.38. The summed E-state index contributed by atoms with van der Waals surface area (Å²) in [4.78, 5) is 15.5. The summed E-state index contributed by atoms with van der Waals surface area (Å²) >= 11 is 0. The third kappa shape index (κ3) is 3.06. The molecule has 0 atom stereocenters. The van der Waals surface area contributed by atoms with Crippen molar-refractivity contribution < 1.29 is 9.90 Å². The van der Waals surface area contributed by atoms with Crippen LogP contribution >= 0.6 is 0 Å². The maximum absolute atomic E-state index is 11.0. The first-order chi connectivity index (χ1) is 12.2. The van der Waals surface area contributed by atoms with Crippen LogP contribution in [0.1, 0.15) is 27.9 Å². The van der Waals surface area contributed by atoms with Crippen molar-refractivity contribution >= 4 is 22.6 Å². The largest absolute Gasteiger partial charge is 0.478 e. The van der Waals surface area contributed by atoms with Gasteiger partial charge in [0.2, 0.25) is 0 Å². The van der Waals surface area contributed by atoms with E-state index in [-0.39, 0.29) is 0 Å². The molecule has 5 nitrogen and oxygen atoms in total. The number of aromatic carboxylic acids is 1. The Kier molecular flexibility index (Phi) is 4.07. The fourth-order valence-electron chi connectivity index (χ4n) is 3.31. The molecule has 0 spiro atoms. The van der Waals surface area contributed by atoms with Crippen molar-refractivity contribution in [3.63, 3.8) is 0 Å². The Morgan fingerprint density at radius 1 is 1.20 bits per heavy atom. The van der Waals surface area contributed by atoms with E-state index < -0.39 is 5.97 Å². The van der Waals surface area contributed by atoms with E-state index in [1.165, 1.54) is 11.1 Å². The van der Waals surface area contributed by atoms with Crippen LogP contribution in [-0.4, -0.2) is 33.7 Å². The lowest BCUT2D eigenvalue weighted by atomic mass is 9.99. The Morgan fingerprint density at radius 3 is 2.76 bits per heavy atom. The SMILES string of the molecule is O=C(O)c1ccc(Cn2ccc3c(C4=CCNCC4)ccnc32)cc1. The van der Waals surface area contributed by atoms with Gasteiger partial charge >= 0.3 is 5.97 Å². The second kappa shape index (κ2) is 6.53. The number of aromatic nitrogens is 2. The van der Waals surface area contributed by atoms with Crippen LogP contribution in [0.5, 0.6) is 0 Å². The first-order valence-electron chi connectivity index (χ1n) is 8.38. The number of pyridine rings is 1. The second-order valence-electron chi connectivity index (χ2n) is 6.22. The summed E-state index contributed by atoms with van der Waals surface area (Å²) in [6.07, 6.45) is 7.19. The van der Waals surface area contributed by atoms with E-state index in [1.807, 2.05) is 24.5 Å². The van der Waals surface area contributed by atoms with Gasteiger partial charge in [-0.05, 0) is 53.9 Å². The molecule has 1 aromatic carbocycles. The third-order valence-corrected chi connectivity index (χ3v) is 4.63. The third-order valence-electron chi connectivity index (χ3n) is 4.63. The number of carboxylic acid groups (broad SMARTS) is 1. The number of hydrogen-bond donors (Lipinski definition) is 2. The smallest absolute Gasteiger partial charge is 0.335 e. The molecular weight excluding hydrogens is 314 g/mol.